The van der Waals surface area contributed by atoms with Crippen molar-refractivity contribution in [1.29, 1.82) is 0 Å². The van der Waals surface area contributed by atoms with E-state index in [1.807, 2.05) is 0 Å². The predicted molar refractivity (Wildman–Crippen MR) is 40.5 cm³/mol. The van der Waals surface area contributed by atoms with Crippen molar-refractivity contribution in [1.82, 2.24) is 0 Å². The first-order valence-electron chi connectivity index (χ1n) is 2.84. The van der Waals surface area contributed by atoms with Crippen molar-refractivity contribution >= 4 is 11.9 Å². The molecule has 0 aliphatic rings. The standard InChI is InChI=1S/C4H8N2O3.C2H4/c5-1-3(7)9-4(8)2-6;1-2/h1-2,5-6H2;1-2H2. The average molecular weight is 160 g/mol. The SMILES string of the molecule is C=C.NCC(=O)OC(=O)CN. The minimum atomic E-state index is -0.759. The van der Waals surface area contributed by atoms with Gasteiger partial charge in [-0.05, 0) is 0 Å². The molecule has 5 nitrogen and oxygen atoms in total. The van der Waals surface area contributed by atoms with E-state index in [1.165, 1.54) is 0 Å². The molecule has 0 aromatic carbocycles. The maximum Gasteiger partial charge on any atom is 0.327 e. The van der Waals surface area contributed by atoms with E-state index in [2.05, 4.69) is 17.9 Å². The van der Waals surface area contributed by atoms with E-state index < -0.39 is 11.9 Å². The summed E-state index contributed by atoms with van der Waals surface area (Å²) >= 11 is 0. The molecule has 11 heavy (non-hydrogen) atoms. The fourth-order valence-electron chi connectivity index (χ4n) is 0.210. The minimum Gasteiger partial charge on any atom is -0.391 e. The largest absolute Gasteiger partial charge is 0.391 e. The van der Waals surface area contributed by atoms with Crippen molar-refractivity contribution in [3.8, 4) is 0 Å². The summed E-state index contributed by atoms with van der Waals surface area (Å²) in [7, 11) is 0. The van der Waals surface area contributed by atoms with E-state index in [-0.39, 0.29) is 13.1 Å². The molecule has 0 heterocycles. The highest BCUT2D eigenvalue weighted by Crippen LogP contribution is 1.74. The van der Waals surface area contributed by atoms with Gasteiger partial charge in [0.25, 0.3) is 0 Å². The first-order chi connectivity index (χ1) is 5.20. The van der Waals surface area contributed by atoms with Crippen molar-refractivity contribution in [2.45, 2.75) is 0 Å². The molecule has 0 aromatic rings. The van der Waals surface area contributed by atoms with Crippen LogP contribution < -0.4 is 11.5 Å². The summed E-state index contributed by atoms with van der Waals surface area (Å²) in [5, 5.41) is 0. The summed E-state index contributed by atoms with van der Waals surface area (Å²) in [6.07, 6.45) is 0. The van der Waals surface area contributed by atoms with Crippen molar-refractivity contribution in [3.63, 3.8) is 0 Å². The van der Waals surface area contributed by atoms with Crippen LogP contribution in [0.5, 0.6) is 0 Å². The number of ether oxygens (including phenoxy) is 1. The van der Waals surface area contributed by atoms with Gasteiger partial charge in [0.05, 0.1) is 13.1 Å². The molecule has 0 radical (unpaired) electrons. The number of carbonyl (C=O) groups excluding carboxylic acids is 2. The van der Waals surface area contributed by atoms with E-state index in [1.54, 1.807) is 0 Å². The smallest absolute Gasteiger partial charge is 0.327 e. The van der Waals surface area contributed by atoms with Gasteiger partial charge in [-0.3, -0.25) is 9.59 Å². The second-order valence-electron chi connectivity index (χ2n) is 1.25. The lowest BCUT2D eigenvalue weighted by Gasteiger charge is -1.95. The number of hydrogen-bond acceptors (Lipinski definition) is 5. The molecule has 0 aromatic heterocycles. The van der Waals surface area contributed by atoms with Gasteiger partial charge in [-0.25, -0.2) is 0 Å². The third-order valence-corrected chi connectivity index (χ3v) is 0.561. The highest BCUT2D eigenvalue weighted by atomic mass is 16.6. The number of esters is 2. The van der Waals surface area contributed by atoms with Crippen LogP contribution in [0.4, 0.5) is 0 Å². The van der Waals surface area contributed by atoms with Crippen LogP contribution in [0.15, 0.2) is 13.2 Å². The van der Waals surface area contributed by atoms with Gasteiger partial charge in [0.2, 0.25) is 0 Å². The van der Waals surface area contributed by atoms with E-state index in [9.17, 15) is 9.59 Å². The second kappa shape index (κ2) is 8.80. The molecule has 0 saturated heterocycles. The van der Waals surface area contributed by atoms with Crippen molar-refractivity contribution in [2.75, 3.05) is 13.1 Å². The Balaban J connectivity index is 0. The highest BCUT2D eigenvalue weighted by molar-refractivity contribution is 5.87. The van der Waals surface area contributed by atoms with Gasteiger partial charge in [-0.1, -0.05) is 0 Å². The molecule has 0 fully saturated rings. The Morgan fingerprint density at radius 1 is 1.09 bits per heavy atom. The van der Waals surface area contributed by atoms with Crippen LogP contribution in [-0.2, 0) is 14.3 Å². The molecule has 0 bridgehead atoms. The normalized spacial score (nSPS) is 7.45. The summed E-state index contributed by atoms with van der Waals surface area (Å²) in [5.41, 5.74) is 9.61. The minimum absolute atomic E-state index is 0.300. The number of carbonyl (C=O) groups is 2. The molecule has 0 spiro atoms. The Morgan fingerprint density at radius 2 is 1.36 bits per heavy atom. The average Bonchev–Trinajstić information content (AvgIpc) is 2.07. The Labute approximate surface area is 65.0 Å². The monoisotopic (exact) mass is 160 g/mol. The lowest BCUT2D eigenvalue weighted by molar-refractivity contribution is -0.157. The molecule has 0 aliphatic carbocycles. The van der Waals surface area contributed by atoms with E-state index in [0.717, 1.165) is 0 Å². The summed E-state index contributed by atoms with van der Waals surface area (Å²) in [5.74, 6) is -1.52. The predicted octanol–water partition coefficient (Wildman–Crippen LogP) is -1.22. The molecular weight excluding hydrogens is 148 g/mol. The summed E-state index contributed by atoms with van der Waals surface area (Å²) in [6.45, 7) is 5.40. The van der Waals surface area contributed by atoms with Crippen LogP contribution >= 0.6 is 0 Å². The van der Waals surface area contributed by atoms with Gasteiger partial charge in [0, 0.05) is 0 Å². The van der Waals surface area contributed by atoms with Gasteiger partial charge in [0.15, 0.2) is 0 Å². The van der Waals surface area contributed by atoms with Gasteiger partial charge in [-0.15, -0.1) is 13.2 Å². The fourth-order valence-corrected chi connectivity index (χ4v) is 0.210. The third kappa shape index (κ3) is 8.80. The van der Waals surface area contributed by atoms with Crippen LogP contribution in [0.25, 0.3) is 0 Å². The van der Waals surface area contributed by atoms with Gasteiger partial charge < -0.3 is 16.2 Å². The van der Waals surface area contributed by atoms with Crippen molar-refractivity contribution in [2.24, 2.45) is 11.5 Å². The molecule has 0 saturated carbocycles. The molecule has 5 heteroatoms. The number of nitrogens with two attached hydrogens (primary N) is 2. The Bertz CT molecular complexity index is 122. The van der Waals surface area contributed by atoms with E-state index in [0.29, 0.717) is 0 Å². The Hall–Kier alpha value is -1.20. The second-order valence-corrected chi connectivity index (χ2v) is 1.25. The lowest BCUT2D eigenvalue weighted by Crippen LogP contribution is -2.25. The first kappa shape index (κ1) is 12.5. The fraction of sp³-hybridized carbons (Fsp3) is 0.333. The molecule has 0 atom stereocenters. The highest BCUT2D eigenvalue weighted by Gasteiger charge is 2.04. The van der Waals surface area contributed by atoms with Crippen LogP contribution in [0.3, 0.4) is 0 Å². The van der Waals surface area contributed by atoms with Crippen molar-refractivity contribution in [3.05, 3.63) is 13.2 Å². The summed E-state index contributed by atoms with van der Waals surface area (Å²) in [6, 6.07) is 0. The molecule has 4 N–H and O–H groups in total. The lowest BCUT2D eigenvalue weighted by atomic mass is 10.6. The Morgan fingerprint density at radius 3 is 1.55 bits per heavy atom. The van der Waals surface area contributed by atoms with Gasteiger partial charge in [0.1, 0.15) is 0 Å². The third-order valence-electron chi connectivity index (χ3n) is 0.561. The van der Waals surface area contributed by atoms with Crippen LogP contribution in [0.1, 0.15) is 0 Å². The molecule has 0 unspecified atom stereocenters. The van der Waals surface area contributed by atoms with Crippen molar-refractivity contribution < 1.29 is 14.3 Å². The quantitative estimate of drug-likeness (QED) is 0.300. The van der Waals surface area contributed by atoms with E-state index >= 15 is 0 Å². The molecule has 0 amide bonds. The zero-order chi connectivity index (χ0) is 9.28. The molecular formula is C6H12N2O3. The molecule has 0 rings (SSSR count). The zero-order valence-electron chi connectivity index (χ0n) is 6.21. The summed E-state index contributed by atoms with van der Waals surface area (Å²) < 4.78 is 4.02. The number of rotatable bonds is 2. The van der Waals surface area contributed by atoms with Crippen LogP contribution in [0, 0.1) is 0 Å². The molecule has 0 aliphatic heterocycles. The van der Waals surface area contributed by atoms with Crippen LogP contribution in [-0.4, -0.2) is 25.0 Å². The first-order valence-corrected chi connectivity index (χ1v) is 2.84. The van der Waals surface area contributed by atoms with Gasteiger partial charge in [-0.2, -0.15) is 0 Å². The number of hydrogen-bond donors (Lipinski definition) is 2. The summed E-state index contributed by atoms with van der Waals surface area (Å²) in [4.78, 5) is 20.3. The van der Waals surface area contributed by atoms with Crippen LogP contribution in [0.2, 0.25) is 0 Å². The zero-order valence-corrected chi connectivity index (χ0v) is 6.21. The Kier molecular flexibility index (Phi) is 9.98. The topological polar surface area (TPSA) is 95.4 Å². The van der Waals surface area contributed by atoms with E-state index in [4.69, 9.17) is 11.5 Å². The van der Waals surface area contributed by atoms with Gasteiger partial charge >= 0.3 is 11.9 Å². The maximum absolute atomic E-state index is 10.2. The maximum atomic E-state index is 10.2. The molecule has 64 valence electrons.